The molecule has 160 valence electrons. The number of hydrogen-bond acceptors (Lipinski definition) is 6. The molecule has 0 unspecified atom stereocenters. The van der Waals surface area contributed by atoms with Crippen molar-refractivity contribution in [2.24, 2.45) is 5.92 Å². The van der Waals surface area contributed by atoms with Crippen LogP contribution in [-0.2, 0) is 19.1 Å². The highest BCUT2D eigenvalue weighted by Crippen LogP contribution is 2.21. The molecule has 8 heteroatoms. The second kappa shape index (κ2) is 11.1. The molecule has 0 spiro atoms. The summed E-state index contributed by atoms with van der Waals surface area (Å²) in [5.41, 5.74) is -0.542. The number of ether oxygens (including phenoxy) is 2. The van der Waals surface area contributed by atoms with E-state index in [-0.39, 0.29) is 30.5 Å². The Morgan fingerprint density at radius 1 is 1.14 bits per heavy atom. The van der Waals surface area contributed by atoms with Gasteiger partial charge < -0.3 is 19.7 Å². The Morgan fingerprint density at radius 2 is 1.79 bits per heavy atom. The van der Waals surface area contributed by atoms with Gasteiger partial charge in [0.05, 0.1) is 5.92 Å². The molecule has 1 heterocycles. The number of rotatable bonds is 7. The third-order valence-corrected chi connectivity index (χ3v) is 5.28. The van der Waals surface area contributed by atoms with Gasteiger partial charge >= 0.3 is 12.1 Å². The average Bonchev–Trinajstić information content (AvgIpc) is 2.69. The number of hydrogen-bond donors (Lipinski definition) is 1. The minimum atomic E-state index is -0.542. The predicted molar refractivity (Wildman–Crippen MR) is 112 cm³/mol. The minimum Gasteiger partial charge on any atom is -0.455 e. The smallest absolute Gasteiger partial charge is 0.410 e. The quantitative estimate of drug-likeness (QED) is 0.413. The first-order chi connectivity index (χ1) is 13.7. The molecule has 0 aliphatic carbocycles. The first-order valence-corrected chi connectivity index (χ1v) is 10.8. The minimum absolute atomic E-state index is 0.277. The summed E-state index contributed by atoms with van der Waals surface area (Å²) in [5.74, 6) is -0.247. The van der Waals surface area contributed by atoms with Crippen LogP contribution in [0.4, 0.5) is 4.79 Å². The van der Waals surface area contributed by atoms with Crippen LogP contribution in [0.25, 0.3) is 0 Å². The highest BCUT2D eigenvalue weighted by Gasteiger charge is 2.30. The number of amides is 2. The third-order valence-electron chi connectivity index (χ3n) is 4.26. The molecule has 1 aromatic rings. The molecule has 1 N–H and O–H groups in total. The zero-order valence-electron chi connectivity index (χ0n) is 17.3. The van der Waals surface area contributed by atoms with Crippen LogP contribution in [0.2, 0.25) is 0 Å². The summed E-state index contributed by atoms with van der Waals surface area (Å²) in [5, 5.41) is 2.75. The number of benzene rings is 1. The van der Waals surface area contributed by atoms with Crippen LogP contribution in [-0.4, -0.2) is 60.5 Å². The van der Waals surface area contributed by atoms with E-state index in [1.807, 2.05) is 51.1 Å². The van der Waals surface area contributed by atoms with Crippen molar-refractivity contribution in [1.82, 2.24) is 10.2 Å². The maximum atomic E-state index is 12.2. The van der Waals surface area contributed by atoms with Crippen LogP contribution in [0.5, 0.6) is 0 Å². The summed E-state index contributed by atoms with van der Waals surface area (Å²) in [6.45, 7) is 6.57. The maximum absolute atomic E-state index is 12.2. The monoisotopic (exact) mass is 422 g/mol. The normalized spacial score (nSPS) is 14.9. The number of piperidine rings is 1. The van der Waals surface area contributed by atoms with Crippen molar-refractivity contribution in [3.05, 3.63) is 30.3 Å². The Hall–Kier alpha value is -2.22. The fourth-order valence-corrected chi connectivity index (χ4v) is 3.60. The van der Waals surface area contributed by atoms with Crippen LogP contribution in [0.3, 0.4) is 0 Å². The van der Waals surface area contributed by atoms with Crippen molar-refractivity contribution in [3.8, 4) is 0 Å². The zero-order chi connectivity index (χ0) is 21.3. The molecule has 29 heavy (non-hydrogen) atoms. The van der Waals surface area contributed by atoms with E-state index in [4.69, 9.17) is 9.47 Å². The van der Waals surface area contributed by atoms with Crippen molar-refractivity contribution < 1.29 is 23.9 Å². The summed E-state index contributed by atoms with van der Waals surface area (Å²) < 4.78 is 10.5. The third kappa shape index (κ3) is 8.77. The van der Waals surface area contributed by atoms with Gasteiger partial charge in [-0.05, 0) is 45.7 Å². The zero-order valence-corrected chi connectivity index (χ0v) is 18.1. The number of esters is 1. The van der Waals surface area contributed by atoms with Gasteiger partial charge in [0, 0.05) is 30.3 Å². The Balaban J connectivity index is 1.59. The van der Waals surface area contributed by atoms with E-state index in [2.05, 4.69) is 5.32 Å². The number of likely N-dealkylation sites (tertiary alicyclic amines) is 1. The summed E-state index contributed by atoms with van der Waals surface area (Å²) in [6.07, 6.45) is 0.651. The van der Waals surface area contributed by atoms with Crippen LogP contribution in [0.1, 0.15) is 33.6 Å². The number of carbonyl (C=O) groups is 3. The van der Waals surface area contributed by atoms with Crippen molar-refractivity contribution >= 4 is 29.7 Å². The lowest BCUT2D eigenvalue weighted by atomic mass is 9.97. The fourth-order valence-electron chi connectivity index (χ4n) is 2.81. The highest BCUT2D eigenvalue weighted by molar-refractivity contribution is 7.99. The molecule has 2 rings (SSSR count). The Labute approximate surface area is 176 Å². The molecule has 1 aromatic carbocycles. The molecule has 7 nitrogen and oxygen atoms in total. The molecule has 1 saturated heterocycles. The van der Waals surface area contributed by atoms with Crippen LogP contribution in [0, 0.1) is 5.92 Å². The SMILES string of the molecule is CC(C)(C)OC(=O)N1CCC(C(=O)OCC(=O)NCCSc2ccccc2)CC1. The van der Waals surface area contributed by atoms with Crippen molar-refractivity contribution in [1.29, 1.82) is 0 Å². The second-order valence-corrected chi connectivity index (χ2v) is 9.03. The molecule has 0 bridgehead atoms. The van der Waals surface area contributed by atoms with Gasteiger partial charge in [0.2, 0.25) is 0 Å². The number of nitrogens with zero attached hydrogens (tertiary/aromatic N) is 1. The standard InChI is InChI=1S/C21H30N2O5S/c1-21(2,3)28-20(26)23-12-9-16(10-13-23)19(25)27-15-18(24)22-11-14-29-17-7-5-4-6-8-17/h4-8,16H,9-15H2,1-3H3,(H,22,24). The molecular weight excluding hydrogens is 392 g/mol. The van der Waals surface area contributed by atoms with Crippen molar-refractivity contribution in [2.75, 3.05) is 32.0 Å². The van der Waals surface area contributed by atoms with Crippen molar-refractivity contribution in [2.45, 2.75) is 44.1 Å². The number of nitrogens with one attached hydrogen (secondary N) is 1. The molecule has 0 saturated carbocycles. The lowest BCUT2D eigenvalue weighted by Crippen LogP contribution is -2.43. The van der Waals surface area contributed by atoms with Gasteiger partial charge in [0.15, 0.2) is 6.61 Å². The Kier molecular flexibility index (Phi) is 8.82. The number of carbonyl (C=O) groups excluding carboxylic acids is 3. The van der Waals surface area contributed by atoms with E-state index in [0.717, 1.165) is 10.6 Å². The van der Waals surface area contributed by atoms with Gasteiger partial charge in [0.25, 0.3) is 5.91 Å². The van der Waals surface area contributed by atoms with E-state index in [1.165, 1.54) is 0 Å². The second-order valence-electron chi connectivity index (χ2n) is 7.86. The number of thioether (sulfide) groups is 1. The van der Waals surface area contributed by atoms with Gasteiger partial charge in [-0.2, -0.15) is 0 Å². The predicted octanol–water partition coefficient (Wildman–Crippen LogP) is 3.09. The molecule has 0 atom stereocenters. The molecule has 1 aliphatic rings. The molecule has 1 fully saturated rings. The summed E-state index contributed by atoms with van der Waals surface area (Å²) in [4.78, 5) is 38.8. The van der Waals surface area contributed by atoms with Crippen LogP contribution in [0.15, 0.2) is 35.2 Å². The highest BCUT2D eigenvalue weighted by atomic mass is 32.2. The van der Waals surface area contributed by atoms with E-state index >= 15 is 0 Å². The first kappa shape index (κ1) is 23.1. The van der Waals surface area contributed by atoms with E-state index in [9.17, 15) is 14.4 Å². The van der Waals surface area contributed by atoms with Gasteiger partial charge in [-0.15, -0.1) is 11.8 Å². The molecule has 0 radical (unpaired) electrons. The summed E-state index contributed by atoms with van der Waals surface area (Å²) in [6, 6.07) is 9.93. The largest absolute Gasteiger partial charge is 0.455 e. The molecule has 2 amide bonds. The van der Waals surface area contributed by atoms with E-state index in [0.29, 0.717) is 32.5 Å². The molecular formula is C21H30N2O5S. The fraction of sp³-hybridized carbons (Fsp3) is 0.571. The van der Waals surface area contributed by atoms with Gasteiger partial charge in [-0.1, -0.05) is 18.2 Å². The topological polar surface area (TPSA) is 84.9 Å². The average molecular weight is 423 g/mol. The van der Waals surface area contributed by atoms with E-state index < -0.39 is 5.60 Å². The van der Waals surface area contributed by atoms with Gasteiger partial charge in [-0.3, -0.25) is 9.59 Å². The summed E-state index contributed by atoms with van der Waals surface area (Å²) in [7, 11) is 0. The molecule has 1 aliphatic heterocycles. The lowest BCUT2D eigenvalue weighted by Gasteiger charge is -2.32. The maximum Gasteiger partial charge on any atom is 0.410 e. The van der Waals surface area contributed by atoms with Crippen molar-refractivity contribution in [3.63, 3.8) is 0 Å². The lowest BCUT2D eigenvalue weighted by molar-refractivity contribution is -0.154. The Morgan fingerprint density at radius 3 is 2.41 bits per heavy atom. The Bertz CT molecular complexity index is 682. The summed E-state index contributed by atoms with van der Waals surface area (Å²) >= 11 is 1.65. The van der Waals surface area contributed by atoms with Crippen LogP contribution >= 0.6 is 11.8 Å². The van der Waals surface area contributed by atoms with E-state index in [1.54, 1.807) is 16.7 Å². The van der Waals surface area contributed by atoms with Crippen LogP contribution < -0.4 is 5.32 Å². The van der Waals surface area contributed by atoms with Gasteiger partial charge in [0.1, 0.15) is 5.60 Å². The first-order valence-electron chi connectivity index (χ1n) is 9.84. The molecule has 0 aromatic heterocycles. The van der Waals surface area contributed by atoms with Gasteiger partial charge in [-0.25, -0.2) is 4.79 Å².